The summed E-state index contributed by atoms with van der Waals surface area (Å²) in [5.74, 6) is 0.219. The second kappa shape index (κ2) is 7.54. The van der Waals surface area contributed by atoms with E-state index < -0.39 is 10.0 Å². The molecule has 1 aromatic carbocycles. The van der Waals surface area contributed by atoms with Crippen molar-refractivity contribution in [3.63, 3.8) is 0 Å². The molecule has 3 rings (SSSR count). The van der Waals surface area contributed by atoms with E-state index >= 15 is 0 Å². The molecule has 1 aromatic rings. The van der Waals surface area contributed by atoms with E-state index in [-0.39, 0.29) is 11.3 Å². The second-order valence-corrected chi connectivity index (χ2v) is 9.50. The summed E-state index contributed by atoms with van der Waals surface area (Å²) in [6.07, 6.45) is 6.73. The highest BCUT2D eigenvalue weighted by atomic mass is 32.2. The van der Waals surface area contributed by atoms with Gasteiger partial charge in [0.2, 0.25) is 10.0 Å². The van der Waals surface area contributed by atoms with Gasteiger partial charge in [-0.2, -0.15) is 0 Å². The standard InChI is InChI=1S/C19H30N2O2S/c1-2-24(22,23)21-16-8-13-19(17-21)12-7-15-20(19)14-6-11-18-9-4-3-5-10-18/h3-5,9-10H,2,6-8,11-17H2,1H3. The maximum Gasteiger partial charge on any atom is 0.213 e. The number of aryl methyl sites for hydroxylation is 1. The molecule has 134 valence electrons. The highest BCUT2D eigenvalue weighted by molar-refractivity contribution is 7.89. The van der Waals surface area contributed by atoms with Crippen LogP contribution in [0.15, 0.2) is 30.3 Å². The first kappa shape index (κ1) is 17.9. The number of sulfonamides is 1. The summed E-state index contributed by atoms with van der Waals surface area (Å²) in [6, 6.07) is 10.6. The van der Waals surface area contributed by atoms with E-state index in [1.807, 2.05) is 0 Å². The Balaban J connectivity index is 1.61. The Hall–Kier alpha value is -0.910. The van der Waals surface area contributed by atoms with Crippen LogP contribution in [-0.4, -0.2) is 55.1 Å². The van der Waals surface area contributed by atoms with Crippen LogP contribution in [0.3, 0.4) is 0 Å². The molecule has 2 aliphatic heterocycles. The number of hydrogen-bond acceptors (Lipinski definition) is 3. The molecule has 2 saturated heterocycles. The lowest BCUT2D eigenvalue weighted by Gasteiger charge is -2.45. The van der Waals surface area contributed by atoms with Crippen LogP contribution in [0, 0.1) is 0 Å². The number of nitrogens with zero attached hydrogens (tertiary/aromatic N) is 2. The van der Waals surface area contributed by atoms with Crippen LogP contribution in [0.4, 0.5) is 0 Å². The zero-order valence-corrected chi connectivity index (χ0v) is 15.6. The molecule has 1 atom stereocenters. The molecule has 4 nitrogen and oxygen atoms in total. The maximum absolute atomic E-state index is 12.3. The van der Waals surface area contributed by atoms with E-state index in [9.17, 15) is 8.42 Å². The molecule has 0 aliphatic carbocycles. The summed E-state index contributed by atoms with van der Waals surface area (Å²) in [4.78, 5) is 2.59. The Kier molecular flexibility index (Phi) is 5.63. The topological polar surface area (TPSA) is 40.6 Å². The minimum atomic E-state index is -3.06. The van der Waals surface area contributed by atoms with Crippen molar-refractivity contribution in [1.29, 1.82) is 0 Å². The lowest BCUT2D eigenvalue weighted by atomic mass is 9.87. The molecule has 2 heterocycles. The first-order valence-corrected chi connectivity index (χ1v) is 10.9. The third-order valence-corrected chi connectivity index (χ3v) is 7.58. The highest BCUT2D eigenvalue weighted by Crippen LogP contribution is 2.38. The zero-order valence-electron chi connectivity index (χ0n) is 14.8. The van der Waals surface area contributed by atoms with Crippen molar-refractivity contribution in [2.75, 3.05) is 31.9 Å². The lowest BCUT2D eigenvalue weighted by molar-refractivity contribution is 0.0732. The molecule has 0 saturated carbocycles. The SMILES string of the molecule is CCS(=O)(=O)N1CCCC2(CCCN2CCCc2ccccc2)C1. The summed E-state index contributed by atoms with van der Waals surface area (Å²) in [7, 11) is -3.06. The van der Waals surface area contributed by atoms with E-state index in [0.29, 0.717) is 13.1 Å². The third-order valence-electron chi connectivity index (χ3n) is 5.76. The van der Waals surface area contributed by atoms with Gasteiger partial charge in [-0.3, -0.25) is 4.90 Å². The Morgan fingerprint density at radius 1 is 1.08 bits per heavy atom. The van der Waals surface area contributed by atoms with Gasteiger partial charge in [-0.15, -0.1) is 0 Å². The number of rotatable bonds is 6. The Morgan fingerprint density at radius 3 is 2.50 bits per heavy atom. The molecule has 2 aliphatic rings. The summed E-state index contributed by atoms with van der Waals surface area (Å²) in [6.45, 7) is 5.36. The Bertz CT molecular complexity index is 632. The molecule has 0 N–H and O–H groups in total. The molecule has 1 spiro atoms. The summed E-state index contributed by atoms with van der Waals surface area (Å²) in [5, 5.41) is 0. The van der Waals surface area contributed by atoms with E-state index in [0.717, 1.165) is 45.2 Å². The fraction of sp³-hybridized carbons (Fsp3) is 0.684. The van der Waals surface area contributed by atoms with Crippen LogP contribution in [0.25, 0.3) is 0 Å². The van der Waals surface area contributed by atoms with Gasteiger partial charge in [0.15, 0.2) is 0 Å². The van der Waals surface area contributed by atoms with Crippen LogP contribution in [-0.2, 0) is 16.4 Å². The lowest BCUT2D eigenvalue weighted by Crippen LogP contribution is -2.57. The third kappa shape index (κ3) is 3.84. The van der Waals surface area contributed by atoms with Gasteiger partial charge in [0.1, 0.15) is 0 Å². The zero-order chi connectivity index (χ0) is 17.0. The molecule has 24 heavy (non-hydrogen) atoms. The van der Waals surface area contributed by atoms with Crippen molar-refractivity contribution in [3.8, 4) is 0 Å². The van der Waals surface area contributed by atoms with E-state index in [4.69, 9.17) is 0 Å². The van der Waals surface area contributed by atoms with Gasteiger partial charge < -0.3 is 0 Å². The predicted molar refractivity (Wildman–Crippen MR) is 98.6 cm³/mol. The first-order chi connectivity index (χ1) is 11.6. The summed E-state index contributed by atoms with van der Waals surface area (Å²) >= 11 is 0. The minimum absolute atomic E-state index is 0.0944. The van der Waals surface area contributed by atoms with Crippen LogP contribution >= 0.6 is 0 Å². The molecule has 0 bridgehead atoms. The molecule has 0 radical (unpaired) electrons. The first-order valence-electron chi connectivity index (χ1n) is 9.33. The van der Waals surface area contributed by atoms with Gasteiger partial charge in [0, 0.05) is 18.6 Å². The molecule has 1 unspecified atom stereocenters. The van der Waals surface area contributed by atoms with Crippen molar-refractivity contribution in [2.45, 2.75) is 51.0 Å². The van der Waals surface area contributed by atoms with Gasteiger partial charge in [0.05, 0.1) is 5.75 Å². The molecule has 0 amide bonds. The molecular weight excluding hydrogens is 320 g/mol. The fourth-order valence-electron chi connectivity index (χ4n) is 4.41. The minimum Gasteiger partial charge on any atom is -0.296 e. The second-order valence-electron chi connectivity index (χ2n) is 7.24. The number of piperidine rings is 1. The predicted octanol–water partition coefficient (Wildman–Crippen LogP) is 2.90. The Morgan fingerprint density at radius 2 is 1.79 bits per heavy atom. The van der Waals surface area contributed by atoms with E-state index in [1.54, 1.807) is 11.2 Å². The van der Waals surface area contributed by atoms with E-state index in [1.165, 1.54) is 12.0 Å². The van der Waals surface area contributed by atoms with Crippen LogP contribution < -0.4 is 0 Å². The highest BCUT2D eigenvalue weighted by Gasteiger charge is 2.45. The molecule has 0 aromatic heterocycles. The van der Waals surface area contributed by atoms with Crippen LogP contribution in [0.1, 0.15) is 44.6 Å². The van der Waals surface area contributed by atoms with Gasteiger partial charge in [-0.1, -0.05) is 30.3 Å². The average Bonchev–Trinajstić information content (AvgIpc) is 2.98. The largest absolute Gasteiger partial charge is 0.296 e. The van der Waals surface area contributed by atoms with Crippen LogP contribution in [0.5, 0.6) is 0 Å². The normalized spacial score (nSPS) is 26.2. The summed E-state index contributed by atoms with van der Waals surface area (Å²) in [5.41, 5.74) is 1.49. The molecule has 5 heteroatoms. The molecule has 2 fully saturated rings. The van der Waals surface area contributed by atoms with Crippen molar-refractivity contribution < 1.29 is 8.42 Å². The maximum atomic E-state index is 12.3. The van der Waals surface area contributed by atoms with Crippen molar-refractivity contribution in [2.24, 2.45) is 0 Å². The fourth-order valence-corrected chi connectivity index (χ4v) is 5.62. The Labute approximate surface area is 146 Å². The number of hydrogen-bond donors (Lipinski definition) is 0. The van der Waals surface area contributed by atoms with Crippen molar-refractivity contribution in [3.05, 3.63) is 35.9 Å². The summed E-state index contributed by atoms with van der Waals surface area (Å²) < 4.78 is 26.4. The van der Waals surface area contributed by atoms with E-state index in [2.05, 4.69) is 35.2 Å². The number of benzene rings is 1. The monoisotopic (exact) mass is 350 g/mol. The van der Waals surface area contributed by atoms with Gasteiger partial charge in [-0.05, 0) is 64.1 Å². The van der Waals surface area contributed by atoms with Gasteiger partial charge in [-0.25, -0.2) is 12.7 Å². The van der Waals surface area contributed by atoms with Crippen molar-refractivity contribution >= 4 is 10.0 Å². The smallest absolute Gasteiger partial charge is 0.213 e. The quantitative estimate of drug-likeness (QED) is 0.792. The van der Waals surface area contributed by atoms with Gasteiger partial charge >= 0.3 is 0 Å². The average molecular weight is 351 g/mol. The van der Waals surface area contributed by atoms with Gasteiger partial charge in [0.25, 0.3) is 0 Å². The molecular formula is C19H30N2O2S. The number of likely N-dealkylation sites (tertiary alicyclic amines) is 1. The van der Waals surface area contributed by atoms with Crippen molar-refractivity contribution in [1.82, 2.24) is 9.21 Å². The van der Waals surface area contributed by atoms with Crippen LogP contribution in [0.2, 0.25) is 0 Å².